The Morgan fingerprint density at radius 2 is 1.95 bits per heavy atom. The van der Waals surface area contributed by atoms with Gasteiger partial charge in [0.1, 0.15) is 5.82 Å². The minimum Gasteiger partial charge on any atom is -0.481 e. The van der Waals surface area contributed by atoms with E-state index in [4.69, 9.17) is 5.11 Å². The maximum absolute atomic E-state index is 10.4. The SMILES string of the molecule is Cc1cnc(NCCCCCC(=O)O)c2ccccc12. The van der Waals surface area contributed by atoms with E-state index in [1.165, 1.54) is 10.9 Å². The molecular formula is C16H20N2O2. The Balaban J connectivity index is 1.90. The van der Waals surface area contributed by atoms with Crippen molar-refractivity contribution < 1.29 is 9.90 Å². The van der Waals surface area contributed by atoms with E-state index in [2.05, 4.69) is 29.4 Å². The molecule has 2 aromatic rings. The summed E-state index contributed by atoms with van der Waals surface area (Å²) in [6.07, 6.45) is 4.75. The zero-order valence-corrected chi connectivity index (χ0v) is 11.7. The van der Waals surface area contributed by atoms with Crippen LogP contribution in [0.15, 0.2) is 30.5 Å². The number of anilines is 1. The Bertz CT molecular complexity index is 596. The summed E-state index contributed by atoms with van der Waals surface area (Å²) in [5.74, 6) is 0.189. The summed E-state index contributed by atoms with van der Waals surface area (Å²) in [6, 6.07) is 8.22. The van der Waals surface area contributed by atoms with Crippen molar-refractivity contribution in [2.24, 2.45) is 0 Å². The minimum atomic E-state index is -0.718. The van der Waals surface area contributed by atoms with Crippen molar-refractivity contribution in [3.8, 4) is 0 Å². The number of benzene rings is 1. The monoisotopic (exact) mass is 272 g/mol. The molecule has 2 N–H and O–H groups in total. The summed E-state index contributed by atoms with van der Waals surface area (Å²) in [7, 11) is 0. The second-order valence-electron chi connectivity index (χ2n) is 4.97. The predicted octanol–water partition coefficient (Wildman–Crippen LogP) is 3.60. The first-order valence-corrected chi connectivity index (χ1v) is 6.98. The first-order valence-electron chi connectivity index (χ1n) is 6.98. The minimum absolute atomic E-state index is 0.256. The van der Waals surface area contributed by atoms with Crippen LogP contribution >= 0.6 is 0 Å². The number of unbranched alkanes of at least 4 members (excludes halogenated alkanes) is 2. The molecule has 1 aromatic carbocycles. The number of rotatable bonds is 7. The van der Waals surface area contributed by atoms with E-state index in [1.807, 2.05) is 18.3 Å². The molecule has 1 heterocycles. The molecule has 1 aromatic heterocycles. The van der Waals surface area contributed by atoms with Crippen molar-refractivity contribution in [2.45, 2.75) is 32.6 Å². The third-order valence-electron chi connectivity index (χ3n) is 3.35. The van der Waals surface area contributed by atoms with Gasteiger partial charge in [-0.2, -0.15) is 0 Å². The van der Waals surface area contributed by atoms with Crippen LogP contribution in [0.1, 0.15) is 31.2 Å². The van der Waals surface area contributed by atoms with Gasteiger partial charge in [-0.05, 0) is 30.7 Å². The average Bonchev–Trinajstić information content (AvgIpc) is 2.45. The second kappa shape index (κ2) is 6.89. The Morgan fingerprint density at radius 1 is 1.20 bits per heavy atom. The van der Waals surface area contributed by atoms with Gasteiger partial charge in [-0.3, -0.25) is 4.79 Å². The van der Waals surface area contributed by atoms with Crippen LogP contribution in [0, 0.1) is 6.92 Å². The molecule has 0 unspecified atom stereocenters. The van der Waals surface area contributed by atoms with Gasteiger partial charge in [0.15, 0.2) is 0 Å². The van der Waals surface area contributed by atoms with Crippen LogP contribution in [0.4, 0.5) is 5.82 Å². The normalized spacial score (nSPS) is 10.7. The largest absolute Gasteiger partial charge is 0.481 e. The van der Waals surface area contributed by atoms with E-state index in [1.54, 1.807) is 0 Å². The lowest BCUT2D eigenvalue weighted by Crippen LogP contribution is -2.04. The number of carboxylic acids is 1. The van der Waals surface area contributed by atoms with Crippen LogP contribution in [-0.4, -0.2) is 22.6 Å². The Morgan fingerprint density at radius 3 is 2.70 bits per heavy atom. The maximum Gasteiger partial charge on any atom is 0.303 e. The summed E-state index contributed by atoms with van der Waals surface area (Å²) in [4.78, 5) is 14.9. The van der Waals surface area contributed by atoms with Gasteiger partial charge in [-0.25, -0.2) is 4.98 Å². The Hall–Kier alpha value is -2.10. The van der Waals surface area contributed by atoms with Crippen LogP contribution in [0.3, 0.4) is 0 Å². The lowest BCUT2D eigenvalue weighted by molar-refractivity contribution is -0.137. The van der Waals surface area contributed by atoms with Crippen LogP contribution in [0.5, 0.6) is 0 Å². The third-order valence-corrected chi connectivity index (χ3v) is 3.35. The lowest BCUT2D eigenvalue weighted by Gasteiger charge is -2.10. The molecule has 0 aliphatic heterocycles. The topological polar surface area (TPSA) is 62.2 Å². The fourth-order valence-corrected chi connectivity index (χ4v) is 2.26. The number of pyridine rings is 1. The number of nitrogens with zero attached hydrogens (tertiary/aromatic N) is 1. The van der Waals surface area contributed by atoms with Gasteiger partial charge < -0.3 is 10.4 Å². The molecule has 4 heteroatoms. The fraction of sp³-hybridized carbons (Fsp3) is 0.375. The molecule has 20 heavy (non-hydrogen) atoms. The number of aromatic nitrogens is 1. The first-order chi connectivity index (χ1) is 9.68. The van der Waals surface area contributed by atoms with Gasteiger partial charge in [-0.15, -0.1) is 0 Å². The molecule has 0 bridgehead atoms. The van der Waals surface area contributed by atoms with E-state index in [0.29, 0.717) is 0 Å². The van der Waals surface area contributed by atoms with Gasteiger partial charge in [0.25, 0.3) is 0 Å². The highest BCUT2D eigenvalue weighted by Crippen LogP contribution is 2.23. The predicted molar refractivity (Wildman–Crippen MR) is 81.1 cm³/mol. The number of nitrogens with one attached hydrogen (secondary N) is 1. The van der Waals surface area contributed by atoms with Gasteiger partial charge in [0.2, 0.25) is 0 Å². The van der Waals surface area contributed by atoms with E-state index in [-0.39, 0.29) is 6.42 Å². The highest BCUT2D eigenvalue weighted by molar-refractivity contribution is 5.93. The van der Waals surface area contributed by atoms with Crippen LogP contribution in [0.2, 0.25) is 0 Å². The summed E-state index contributed by atoms with van der Waals surface area (Å²) < 4.78 is 0. The summed E-state index contributed by atoms with van der Waals surface area (Å²) in [5, 5.41) is 14.3. The van der Waals surface area contributed by atoms with E-state index in [0.717, 1.165) is 37.0 Å². The van der Waals surface area contributed by atoms with Crippen molar-refractivity contribution in [1.29, 1.82) is 0 Å². The summed E-state index contributed by atoms with van der Waals surface area (Å²) in [5.41, 5.74) is 1.17. The summed E-state index contributed by atoms with van der Waals surface area (Å²) in [6.45, 7) is 2.88. The number of aliphatic carboxylic acids is 1. The highest BCUT2D eigenvalue weighted by Gasteiger charge is 2.04. The average molecular weight is 272 g/mol. The first kappa shape index (κ1) is 14.3. The van der Waals surface area contributed by atoms with Crippen LogP contribution in [0.25, 0.3) is 10.8 Å². The molecule has 0 radical (unpaired) electrons. The molecule has 0 saturated carbocycles. The van der Waals surface area contributed by atoms with Gasteiger partial charge in [0, 0.05) is 24.5 Å². The number of carbonyl (C=O) groups is 1. The zero-order valence-electron chi connectivity index (χ0n) is 11.7. The number of fused-ring (bicyclic) bond motifs is 1. The Kier molecular flexibility index (Phi) is 4.93. The van der Waals surface area contributed by atoms with Gasteiger partial charge in [-0.1, -0.05) is 30.7 Å². The van der Waals surface area contributed by atoms with Crippen LogP contribution in [-0.2, 0) is 4.79 Å². The molecule has 0 saturated heterocycles. The molecule has 0 amide bonds. The second-order valence-corrected chi connectivity index (χ2v) is 4.97. The molecule has 0 atom stereocenters. The van der Waals surface area contributed by atoms with Crippen LogP contribution < -0.4 is 5.32 Å². The molecule has 0 spiro atoms. The van der Waals surface area contributed by atoms with Crippen molar-refractivity contribution in [2.75, 3.05) is 11.9 Å². The fourth-order valence-electron chi connectivity index (χ4n) is 2.26. The maximum atomic E-state index is 10.4. The molecule has 106 valence electrons. The molecular weight excluding hydrogens is 252 g/mol. The smallest absolute Gasteiger partial charge is 0.303 e. The molecule has 0 fully saturated rings. The lowest BCUT2D eigenvalue weighted by atomic mass is 10.1. The number of hydrogen-bond acceptors (Lipinski definition) is 3. The van der Waals surface area contributed by atoms with Gasteiger partial charge in [0.05, 0.1) is 0 Å². The Labute approximate surface area is 118 Å². The standard InChI is InChI=1S/C16H20N2O2/c1-12-11-18-16(14-8-5-4-7-13(12)14)17-10-6-2-3-9-15(19)20/h4-5,7-8,11H,2-3,6,9-10H2,1H3,(H,17,18)(H,19,20). The quantitative estimate of drug-likeness (QED) is 0.756. The van der Waals surface area contributed by atoms with E-state index in [9.17, 15) is 4.79 Å². The molecule has 2 rings (SSSR count). The van der Waals surface area contributed by atoms with Gasteiger partial charge >= 0.3 is 5.97 Å². The number of hydrogen-bond donors (Lipinski definition) is 2. The number of aryl methyl sites for hydroxylation is 1. The zero-order chi connectivity index (χ0) is 14.4. The van der Waals surface area contributed by atoms with Crippen molar-refractivity contribution in [3.05, 3.63) is 36.0 Å². The van der Waals surface area contributed by atoms with Crippen molar-refractivity contribution in [3.63, 3.8) is 0 Å². The third kappa shape index (κ3) is 3.70. The highest BCUT2D eigenvalue weighted by atomic mass is 16.4. The van der Waals surface area contributed by atoms with Crippen molar-refractivity contribution >= 4 is 22.6 Å². The summed E-state index contributed by atoms with van der Waals surface area (Å²) >= 11 is 0. The molecule has 0 aliphatic carbocycles. The molecule has 0 aliphatic rings. The van der Waals surface area contributed by atoms with E-state index < -0.39 is 5.97 Å². The van der Waals surface area contributed by atoms with Crippen molar-refractivity contribution in [1.82, 2.24) is 4.98 Å². The molecule has 4 nitrogen and oxygen atoms in total. The number of carboxylic acid groups (broad SMARTS) is 1. The van der Waals surface area contributed by atoms with E-state index >= 15 is 0 Å².